The third-order valence-electron chi connectivity index (χ3n) is 1.68. The van der Waals surface area contributed by atoms with Crippen molar-refractivity contribution in [2.75, 3.05) is 0 Å². The van der Waals surface area contributed by atoms with E-state index in [9.17, 15) is 4.79 Å². The molecule has 7 heteroatoms. The van der Waals surface area contributed by atoms with Crippen molar-refractivity contribution in [2.24, 2.45) is 5.73 Å². The van der Waals surface area contributed by atoms with Crippen molar-refractivity contribution in [1.29, 1.82) is 5.26 Å². The second-order valence-electron chi connectivity index (χ2n) is 2.68. The number of aromatic nitrogens is 3. The summed E-state index contributed by atoms with van der Waals surface area (Å²) in [5.74, 6) is -0.847. The van der Waals surface area contributed by atoms with Gasteiger partial charge in [-0.2, -0.15) is 10.2 Å². The van der Waals surface area contributed by atoms with E-state index in [0.717, 1.165) is 0 Å². The standard InChI is InChI=1S/C8H5N5O2/c9-3-4-1-2-5(11-4)8-12-7(6(10)14)13-15-8/h1-2,11H,(H2,10,14). The maximum absolute atomic E-state index is 10.7. The predicted octanol–water partition coefficient (Wildman–Crippen LogP) is 0.0353. The number of nitriles is 1. The van der Waals surface area contributed by atoms with E-state index >= 15 is 0 Å². The summed E-state index contributed by atoms with van der Waals surface area (Å²) >= 11 is 0. The zero-order valence-corrected chi connectivity index (χ0v) is 7.39. The maximum Gasteiger partial charge on any atom is 0.290 e. The molecule has 15 heavy (non-hydrogen) atoms. The van der Waals surface area contributed by atoms with E-state index in [0.29, 0.717) is 11.4 Å². The van der Waals surface area contributed by atoms with Crippen LogP contribution in [-0.4, -0.2) is 21.0 Å². The van der Waals surface area contributed by atoms with Gasteiger partial charge in [0, 0.05) is 0 Å². The summed E-state index contributed by atoms with van der Waals surface area (Å²) in [4.78, 5) is 17.1. The molecule has 0 spiro atoms. The van der Waals surface area contributed by atoms with E-state index in [1.165, 1.54) is 0 Å². The van der Waals surface area contributed by atoms with Gasteiger partial charge in [-0.1, -0.05) is 5.16 Å². The second-order valence-corrected chi connectivity index (χ2v) is 2.68. The largest absolute Gasteiger partial charge is 0.363 e. The van der Waals surface area contributed by atoms with Crippen molar-refractivity contribution in [3.8, 4) is 17.7 Å². The number of carbonyl (C=O) groups is 1. The summed E-state index contributed by atoms with van der Waals surface area (Å²) in [6, 6.07) is 5.06. The fourth-order valence-corrected chi connectivity index (χ4v) is 1.02. The number of nitrogens with one attached hydrogen (secondary N) is 1. The second kappa shape index (κ2) is 3.26. The molecule has 2 rings (SSSR count). The molecule has 0 fully saturated rings. The number of amides is 1. The van der Waals surface area contributed by atoms with Crippen molar-refractivity contribution in [3.05, 3.63) is 23.7 Å². The summed E-state index contributed by atoms with van der Waals surface area (Å²) in [5.41, 5.74) is 5.78. The molecule has 0 aromatic carbocycles. The van der Waals surface area contributed by atoms with Gasteiger partial charge in [-0.05, 0) is 12.1 Å². The van der Waals surface area contributed by atoms with Crippen molar-refractivity contribution < 1.29 is 9.32 Å². The average molecular weight is 203 g/mol. The van der Waals surface area contributed by atoms with E-state index in [1.54, 1.807) is 12.1 Å². The van der Waals surface area contributed by atoms with Gasteiger partial charge < -0.3 is 15.2 Å². The van der Waals surface area contributed by atoms with Crippen LogP contribution in [0, 0.1) is 11.3 Å². The van der Waals surface area contributed by atoms with Gasteiger partial charge >= 0.3 is 0 Å². The van der Waals surface area contributed by atoms with Crippen LogP contribution in [0.2, 0.25) is 0 Å². The van der Waals surface area contributed by atoms with Gasteiger partial charge in [0.1, 0.15) is 17.5 Å². The van der Waals surface area contributed by atoms with Crippen molar-refractivity contribution >= 4 is 5.91 Å². The highest BCUT2D eigenvalue weighted by Gasteiger charge is 2.13. The Morgan fingerprint density at radius 1 is 1.60 bits per heavy atom. The molecule has 0 aliphatic rings. The molecule has 2 heterocycles. The smallest absolute Gasteiger partial charge is 0.290 e. The van der Waals surface area contributed by atoms with E-state index in [-0.39, 0.29) is 11.7 Å². The number of rotatable bonds is 2. The van der Waals surface area contributed by atoms with Gasteiger partial charge in [-0.3, -0.25) is 4.79 Å². The highest BCUT2D eigenvalue weighted by atomic mass is 16.5. The number of hydrogen-bond donors (Lipinski definition) is 2. The van der Waals surface area contributed by atoms with E-state index in [1.807, 2.05) is 6.07 Å². The molecule has 0 radical (unpaired) electrons. The third-order valence-corrected chi connectivity index (χ3v) is 1.68. The van der Waals surface area contributed by atoms with Crippen LogP contribution in [0.25, 0.3) is 11.6 Å². The van der Waals surface area contributed by atoms with Crippen molar-refractivity contribution in [2.45, 2.75) is 0 Å². The quantitative estimate of drug-likeness (QED) is 0.713. The van der Waals surface area contributed by atoms with Crippen molar-refractivity contribution in [1.82, 2.24) is 15.1 Å². The molecule has 7 nitrogen and oxygen atoms in total. The number of nitrogens with two attached hydrogens (primary N) is 1. The first kappa shape index (κ1) is 8.96. The number of aromatic amines is 1. The lowest BCUT2D eigenvalue weighted by molar-refractivity contribution is 0.0987. The number of H-pyrrole nitrogens is 1. The zero-order chi connectivity index (χ0) is 10.8. The Labute approximate surface area is 83.5 Å². The molecule has 74 valence electrons. The molecule has 0 aliphatic heterocycles. The van der Waals surface area contributed by atoms with Crippen LogP contribution in [-0.2, 0) is 0 Å². The average Bonchev–Trinajstić information content (AvgIpc) is 2.86. The van der Waals surface area contributed by atoms with Crippen LogP contribution in [0.5, 0.6) is 0 Å². The Bertz CT molecular complexity index is 547. The number of carbonyl (C=O) groups excluding carboxylic acids is 1. The molecule has 0 aliphatic carbocycles. The van der Waals surface area contributed by atoms with E-state index < -0.39 is 5.91 Å². The molecule has 0 bridgehead atoms. The molecule has 0 saturated carbocycles. The van der Waals surface area contributed by atoms with Gasteiger partial charge in [0.05, 0.1) is 0 Å². The van der Waals surface area contributed by atoms with E-state index in [2.05, 4.69) is 15.1 Å². The summed E-state index contributed by atoms with van der Waals surface area (Å²) in [6.07, 6.45) is 0. The lowest BCUT2D eigenvalue weighted by Gasteiger charge is -1.84. The molecular weight excluding hydrogens is 198 g/mol. The minimum Gasteiger partial charge on any atom is -0.363 e. The van der Waals surface area contributed by atoms with Crippen LogP contribution in [0.15, 0.2) is 16.7 Å². The summed E-state index contributed by atoms with van der Waals surface area (Å²) in [6.45, 7) is 0. The minimum absolute atomic E-state index is 0.116. The maximum atomic E-state index is 10.7. The lowest BCUT2D eigenvalue weighted by atomic mass is 10.4. The number of primary amides is 1. The number of nitrogens with zero attached hydrogens (tertiary/aromatic N) is 3. The zero-order valence-electron chi connectivity index (χ0n) is 7.39. The first-order valence-electron chi connectivity index (χ1n) is 3.93. The van der Waals surface area contributed by atoms with Crippen LogP contribution in [0.1, 0.15) is 16.3 Å². The third kappa shape index (κ3) is 1.55. The Hall–Kier alpha value is -2.62. The van der Waals surface area contributed by atoms with E-state index in [4.69, 9.17) is 15.5 Å². The Morgan fingerprint density at radius 3 is 2.93 bits per heavy atom. The molecule has 0 unspecified atom stereocenters. The summed E-state index contributed by atoms with van der Waals surface area (Å²) in [7, 11) is 0. The lowest BCUT2D eigenvalue weighted by Crippen LogP contribution is -2.12. The molecule has 1 amide bonds. The van der Waals surface area contributed by atoms with Gasteiger partial charge in [-0.25, -0.2) is 0 Å². The van der Waals surface area contributed by atoms with Crippen LogP contribution < -0.4 is 5.73 Å². The van der Waals surface area contributed by atoms with Crippen molar-refractivity contribution in [3.63, 3.8) is 0 Å². The molecule has 2 aromatic rings. The SMILES string of the molecule is N#Cc1ccc(-c2nc(C(N)=O)no2)[nH]1. The summed E-state index contributed by atoms with van der Waals surface area (Å²) < 4.78 is 4.77. The van der Waals surface area contributed by atoms with Gasteiger partial charge in [-0.15, -0.1) is 0 Å². The Morgan fingerprint density at radius 2 is 2.40 bits per heavy atom. The predicted molar refractivity (Wildman–Crippen MR) is 47.3 cm³/mol. The Balaban J connectivity index is 2.38. The first-order valence-corrected chi connectivity index (χ1v) is 3.93. The highest BCUT2D eigenvalue weighted by molar-refractivity contribution is 5.88. The molecule has 2 aromatic heterocycles. The van der Waals surface area contributed by atoms with Gasteiger partial charge in [0.15, 0.2) is 0 Å². The minimum atomic E-state index is -0.767. The molecule has 3 N–H and O–H groups in total. The first-order chi connectivity index (χ1) is 7.20. The highest BCUT2D eigenvalue weighted by Crippen LogP contribution is 2.15. The van der Waals surface area contributed by atoms with Gasteiger partial charge in [0.25, 0.3) is 17.6 Å². The Kier molecular flexibility index (Phi) is 1.95. The molecule has 0 atom stereocenters. The fourth-order valence-electron chi connectivity index (χ4n) is 1.02. The number of hydrogen-bond acceptors (Lipinski definition) is 5. The van der Waals surface area contributed by atoms with Gasteiger partial charge in [0.2, 0.25) is 0 Å². The normalized spacial score (nSPS) is 9.80. The molecule has 0 saturated heterocycles. The van der Waals surface area contributed by atoms with Crippen LogP contribution in [0.3, 0.4) is 0 Å². The van der Waals surface area contributed by atoms with Crippen LogP contribution >= 0.6 is 0 Å². The summed E-state index contributed by atoms with van der Waals surface area (Å²) in [5, 5.41) is 11.9. The molecular formula is C8H5N5O2. The topological polar surface area (TPSA) is 122 Å². The van der Waals surface area contributed by atoms with Crippen LogP contribution in [0.4, 0.5) is 0 Å². The monoisotopic (exact) mass is 203 g/mol. The fraction of sp³-hybridized carbons (Fsp3) is 0.